The number of carbonyl (C=O) groups is 3. The van der Waals surface area contributed by atoms with Crippen LogP contribution in [0.4, 0.5) is 5.13 Å². The molecule has 2 heterocycles. The third-order valence-electron chi connectivity index (χ3n) is 6.26. The van der Waals surface area contributed by atoms with Gasteiger partial charge in [0.15, 0.2) is 5.13 Å². The molecule has 1 amide bonds. The summed E-state index contributed by atoms with van der Waals surface area (Å²) in [6, 6.07) is 11.5. The number of hydrogen-bond donors (Lipinski definition) is 1. The highest BCUT2D eigenvalue weighted by atomic mass is 32.1. The molecule has 202 valence electrons. The minimum Gasteiger partial charge on any atom is -0.507 e. The van der Waals surface area contributed by atoms with Gasteiger partial charge < -0.3 is 14.6 Å². The molecular weight excluding hydrogens is 516 g/mol. The topological polar surface area (TPSA) is 106 Å². The van der Waals surface area contributed by atoms with Crippen molar-refractivity contribution in [2.75, 3.05) is 18.1 Å². The molecule has 8 nitrogen and oxygen atoms in total. The van der Waals surface area contributed by atoms with E-state index < -0.39 is 23.7 Å². The zero-order valence-corrected chi connectivity index (χ0v) is 23.1. The Kier molecular flexibility index (Phi) is 8.30. The third kappa shape index (κ3) is 5.49. The number of Topliss-reactive ketones (excluding diaryl/α,β-unsaturated/α-hetero) is 1. The van der Waals surface area contributed by atoms with Gasteiger partial charge in [0.25, 0.3) is 5.78 Å². The van der Waals surface area contributed by atoms with Crippen LogP contribution in [0.5, 0.6) is 5.75 Å². The van der Waals surface area contributed by atoms with Gasteiger partial charge >= 0.3 is 11.9 Å². The quantitative estimate of drug-likeness (QED) is 0.118. The van der Waals surface area contributed by atoms with E-state index in [9.17, 15) is 19.5 Å². The maximum atomic E-state index is 13.5. The van der Waals surface area contributed by atoms with Gasteiger partial charge in [-0.25, -0.2) is 9.78 Å². The second kappa shape index (κ2) is 11.7. The number of amides is 1. The van der Waals surface area contributed by atoms with E-state index in [-0.39, 0.29) is 27.9 Å². The molecule has 1 atom stereocenters. The van der Waals surface area contributed by atoms with Gasteiger partial charge in [-0.15, -0.1) is 0 Å². The average Bonchev–Trinajstić information content (AvgIpc) is 3.43. The molecule has 39 heavy (non-hydrogen) atoms. The molecule has 1 N–H and O–H groups in total. The maximum Gasteiger partial charge on any atom is 0.350 e. The predicted octanol–water partition coefficient (Wildman–Crippen LogP) is 5.83. The minimum absolute atomic E-state index is 0.0288. The first-order valence-corrected chi connectivity index (χ1v) is 13.4. The first-order chi connectivity index (χ1) is 18.7. The molecule has 1 aliphatic heterocycles. The molecule has 0 bridgehead atoms. The SMILES string of the molecule is C=CCOC(=O)c1sc(N2C(=O)C(=O)C(=C(O)c3ccc(OCCC)c(C)c3)C2c2ccc(C)cc2)nc1C. The number of aliphatic hydroxyl groups excluding tert-OH is 1. The predicted molar refractivity (Wildman–Crippen MR) is 150 cm³/mol. The van der Waals surface area contributed by atoms with Crippen molar-refractivity contribution in [2.45, 2.75) is 40.2 Å². The Hall–Kier alpha value is -4.24. The summed E-state index contributed by atoms with van der Waals surface area (Å²) in [6.45, 7) is 11.5. The molecule has 0 aliphatic carbocycles. The molecule has 0 saturated carbocycles. The standard InChI is InChI=1S/C30H30N2O6S/c1-6-14-37-22-13-12-21(16-18(22)4)25(33)23-24(20-10-8-17(3)9-11-20)32(28(35)26(23)34)30-31-19(5)27(39-30)29(36)38-15-7-2/h7-13,16,24,33H,2,6,14-15H2,1,3-5H3. The smallest absolute Gasteiger partial charge is 0.350 e. The van der Waals surface area contributed by atoms with Crippen LogP contribution in [0.2, 0.25) is 0 Å². The van der Waals surface area contributed by atoms with Crippen molar-refractivity contribution in [3.8, 4) is 5.75 Å². The lowest BCUT2D eigenvalue weighted by Crippen LogP contribution is -2.29. The third-order valence-corrected chi connectivity index (χ3v) is 7.39. The maximum absolute atomic E-state index is 13.5. The highest BCUT2D eigenvalue weighted by molar-refractivity contribution is 7.17. The van der Waals surface area contributed by atoms with Crippen molar-refractivity contribution >= 4 is 39.9 Å². The summed E-state index contributed by atoms with van der Waals surface area (Å²) in [4.78, 5) is 45.4. The number of hydrogen-bond acceptors (Lipinski definition) is 8. The first-order valence-electron chi connectivity index (χ1n) is 12.5. The van der Waals surface area contributed by atoms with Crippen LogP contribution in [0.15, 0.2) is 60.7 Å². The number of aryl methyl sites for hydroxylation is 3. The molecule has 1 unspecified atom stereocenters. The molecule has 1 aromatic heterocycles. The van der Waals surface area contributed by atoms with E-state index in [1.54, 1.807) is 37.3 Å². The first kappa shape index (κ1) is 27.8. The second-order valence-corrected chi connectivity index (χ2v) is 10.2. The van der Waals surface area contributed by atoms with Gasteiger partial charge in [-0.3, -0.25) is 14.5 Å². The van der Waals surface area contributed by atoms with E-state index in [4.69, 9.17) is 9.47 Å². The van der Waals surface area contributed by atoms with E-state index in [2.05, 4.69) is 11.6 Å². The van der Waals surface area contributed by atoms with Crippen LogP contribution in [0.3, 0.4) is 0 Å². The van der Waals surface area contributed by atoms with Gasteiger partial charge in [-0.1, -0.05) is 60.7 Å². The Balaban J connectivity index is 1.85. The van der Waals surface area contributed by atoms with Crippen molar-refractivity contribution in [1.29, 1.82) is 0 Å². The molecule has 0 spiro atoms. The van der Waals surface area contributed by atoms with E-state index in [1.165, 1.54) is 11.0 Å². The lowest BCUT2D eigenvalue weighted by molar-refractivity contribution is -0.132. The summed E-state index contributed by atoms with van der Waals surface area (Å²) < 4.78 is 10.9. The Morgan fingerprint density at radius 3 is 2.51 bits per heavy atom. The molecule has 3 aromatic rings. The number of benzene rings is 2. The normalized spacial score (nSPS) is 16.4. The molecule has 9 heteroatoms. The average molecular weight is 547 g/mol. The fourth-order valence-electron chi connectivity index (χ4n) is 4.29. The lowest BCUT2D eigenvalue weighted by atomic mass is 9.94. The zero-order valence-electron chi connectivity index (χ0n) is 22.3. The van der Waals surface area contributed by atoms with Gasteiger partial charge in [0.05, 0.1) is 23.9 Å². The van der Waals surface area contributed by atoms with Gasteiger partial charge in [0.2, 0.25) is 0 Å². The van der Waals surface area contributed by atoms with Gasteiger partial charge in [-0.2, -0.15) is 0 Å². The van der Waals surface area contributed by atoms with Crippen LogP contribution < -0.4 is 9.64 Å². The van der Waals surface area contributed by atoms with Crippen molar-refractivity contribution in [3.05, 3.63) is 93.5 Å². The largest absolute Gasteiger partial charge is 0.507 e. The summed E-state index contributed by atoms with van der Waals surface area (Å²) in [5, 5.41) is 11.6. The number of thiazole rings is 1. The van der Waals surface area contributed by atoms with Crippen LogP contribution in [0.1, 0.15) is 57.0 Å². The summed E-state index contributed by atoms with van der Waals surface area (Å²) in [7, 11) is 0. The van der Waals surface area contributed by atoms with E-state index >= 15 is 0 Å². The second-order valence-electron chi connectivity index (χ2n) is 9.21. The van der Waals surface area contributed by atoms with Crippen molar-refractivity contribution < 1.29 is 29.0 Å². The summed E-state index contributed by atoms with van der Waals surface area (Å²) in [5.74, 6) is -1.91. The lowest BCUT2D eigenvalue weighted by Gasteiger charge is -2.23. The molecule has 1 fully saturated rings. The van der Waals surface area contributed by atoms with Crippen molar-refractivity contribution in [3.63, 3.8) is 0 Å². The molecule has 1 saturated heterocycles. The van der Waals surface area contributed by atoms with E-state index in [0.29, 0.717) is 29.2 Å². The van der Waals surface area contributed by atoms with Crippen LogP contribution in [0, 0.1) is 20.8 Å². The fraction of sp³-hybridized carbons (Fsp3) is 0.267. The van der Waals surface area contributed by atoms with E-state index in [1.807, 2.05) is 32.9 Å². The van der Waals surface area contributed by atoms with E-state index in [0.717, 1.165) is 28.9 Å². The Morgan fingerprint density at radius 2 is 1.87 bits per heavy atom. The van der Waals surface area contributed by atoms with Gasteiger partial charge in [0.1, 0.15) is 23.0 Å². The monoisotopic (exact) mass is 546 g/mol. The number of anilines is 1. The Morgan fingerprint density at radius 1 is 1.15 bits per heavy atom. The van der Waals surface area contributed by atoms with Crippen molar-refractivity contribution in [1.82, 2.24) is 4.98 Å². The number of aliphatic hydroxyl groups is 1. The number of carbonyl (C=O) groups excluding carboxylic acids is 3. The van der Waals surface area contributed by atoms with Crippen LogP contribution in [-0.4, -0.2) is 41.0 Å². The molecule has 1 aliphatic rings. The summed E-state index contributed by atoms with van der Waals surface area (Å²) in [5.41, 5.74) is 3.08. The number of nitrogens with zero attached hydrogens (tertiary/aromatic N) is 2. The number of rotatable bonds is 9. The Labute approximate surface area is 231 Å². The minimum atomic E-state index is -0.954. The van der Waals surface area contributed by atoms with Gasteiger partial charge in [-0.05, 0) is 56.5 Å². The summed E-state index contributed by atoms with van der Waals surface area (Å²) in [6.07, 6.45) is 2.31. The molecule has 0 radical (unpaired) electrons. The van der Waals surface area contributed by atoms with Gasteiger partial charge in [0, 0.05) is 5.56 Å². The van der Waals surface area contributed by atoms with Crippen LogP contribution in [-0.2, 0) is 14.3 Å². The van der Waals surface area contributed by atoms with Crippen molar-refractivity contribution in [2.24, 2.45) is 0 Å². The highest BCUT2D eigenvalue weighted by Gasteiger charge is 2.48. The zero-order chi connectivity index (χ0) is 28.3. The number of aromatic nitrogens is 1. The van der Waals surface area contributed by atoms with Crippen LogP contribution in [0.25, 0.3) is 5.76 Å². The highest BCUT2D eigenvalue weighted by Crippen LogP contribution is 2.44. The molecular formula is C30H30N2O6S. The number of ether oxygens (including phenoxy) is 2. The number of esters is 1. The molecule has 4 rings (SSSR count). The Bertz CT molecular complexity index is 1470. The van der Waals surface area contributed by atoms with Crippen LogP contribution >= 0.6 is 11.3 Å². The molecule has 2 aromatic carbocycles. The fourth-order valence-corrected chi connectivity index (χ4v) is 5.28. The summed E-state index contributed by atoms with van der Waals surface area (Å²) >= 11 is 0.956. The number of ketones is 1.